The summed E-state index contributed by atoms with van der Waals surface area (Å²) >= 11 is 12.6. The van der Waals surface area contributed by atoms with Gasteiger partial charge in [-0.3, -0.25) is 13.9 Å². The Morgan fingerprint density at radius 2 is 1.63 bits per heavy atom. The molecule has 0 aliphatic heterocycles. The summed E-state index contributed by atoms with van der Waals surface area (Å²) in [7, 11) is -3.85. The van der Waals surface area contributed by atoms with Crippen LogP contribution in [0, 0.1) is 13.8 Å². The highest BCUT2D eigenvalue weighted by Gasteiger charge is 2.33. The zero-order valence-corrected chi connectivity index (χ0v) is 26.4. The van der Waals surface area contributed by atoms with Crippen LogP contribution in [0.1, 0.15) is 42.5 Å². The predicted molar refractivity (Wildman–Crippen MR) is 167 cm³/mol. The largest absolute Gasteiger partial charge is 0.352 e. The van der Waals surface area contributed by atoms with Gasteiger partial charge in [-0.15, -0.1) is 0 Å². The number of hydrogen-bond donors (Lipinski definition) is 1. The van der Waals surface area contributed by atoms with E-state index in [1.54, 1.807) is 30.3 Å². The molecule has 220 valence electrons. The van der Waals surface area contributed by atoms with E-state index in [1.165, 1.54) is 4.90 Å². The first kappa shape index (κ1) is 32.4. The van der Waals surface area contributed by atoms with E-state index in [0.29, 0.717) is 27.7 Å². The van der Waals surface area contributed by atoms with Crippen molar-refractivity contribution in [1.82, 2.24) is 10.2 Å². The molecule has 1 N–H and O–H groups in total. The molecular formula is C31H37Cl2N3O4S. The Morgan fingerprint density at radius 3 is 2.22 bits per heavy atom. The standard InChI is InChI=1S/C31H37Cl2N3O4S/c1-6-23(4)34-31(38)29(17-24-10-8-7-9-11-24)35(19-25-13-14-26(32)18-28(25)33)30(37)20-36(41(5,39)40)27-15-12-21(2)22(3)16-27/h7-16,18,23,29H,6,17,19-20H2,1-5H3,(H,34,38)/t23-,29+/m0/s1. The second-order valence-corrected chi connectivity index (χ2v) is 13.1. The minimum absolute atomic E-state index is 0.0230. The van der Waals surface area contributed by atoms with Gasteiger partial charge in [0.15, 0.2) is 0 Å². The van der Waals surface area contributed by atoms with E-state index in [0.717, 1.165) is 27.3 Å². The second kappa shape index (κ2) is 14.2. The number of aryl methyl sites for hydroxylation is 2. The fourth-order valence-electron chi connectivity index (χ4n) is 4.32. The number of nitrogens with one attached hydrogen (secondary N) is 1. The number of carbonyl (C=O) groups excluding carboxylic acids is 2. The third-order valence-electron chi connectivity index (χ3n) is 7.09. The first-order chi connectivity index (χ1) is 19.3. The van der Waals surface area contributed by atoms with E-state index in [2.05, 4.69) is 5.32 Å². The number of halogens is 2. The minimum atomic E-state index is -3.85. The van der Waals surface area contributed by atoms with Gasteiger partial charge in [0.05, 0.1) is 11.9 Å². The summed E-state index contributed by atoms with van der Waals surface area (Å²) in [4.78, 5) is 29.3. The lowest BCUT2D eigenvalue weighted by Gasteiger charge is -2.34. The van der Waals surface area contributed by atoms with Crippen LogP contribution >= 0.6 is 23.2 Å². The third-order valence-corrected chi connectivity index (χ3v) is 8.81. The van der Waals surface area contributed by atoms with Crippen LogP contribution in [0.25, 0.3) is 0 Å². The Hall–Kier alpha value is -3.07. The molecule has 2 amide bonds. The molecule has 0 aliphatic carbocycles. The Morgan fingerprint density at radius 1 is 0.951 bits per heavy atom. The molecule has 3 rings (SSSR count). The van der Waals surface area contributed by atoms with Crippen molar-refractivity contribution in [3.8, 4) is 0 Å². The van der Waals surface area contributed by atoms with Gasteiger partial charge in [0.1, 0.15) is 12.6 Å². The molecule has 0 saturated carbocycles. The van der Waals surface area contributed by atoms with E-state index >= 15 is 0 Å². The molecule has 2 atom stereocenters. The Kier molecular flexibility index (Phi) is 11.2. The summed E-state index contributed by atoms with van der Waals surface area (Å²) < 4.78 is 27.0. The lowest BCUT2D eigenvalue weighted by Crippen LogP contribution is -2.54. The number of rotatable bonds is 12. The van der Waals surface area contributed by atoms with Gasteiger partial charge in [-0.1, -0.05) is 72.6 Å². The van der Waals surface area contributed by atoms with Crippen LogP contribution in [0.4, 0.5) is 5.69 Å². The molecule has 0 aliphatic rings. The Balaban J connectivity index is 2.10. The molecule has 41 heavy (non-hydrogen) atoms. The van der Waals surface area contributed by atoms with E-state index in [-0.39, 0.29) is 24.9 Å². The lowest BCUT2D eigenvalue weighted by atomic mass is 10.0. The molecule has 3 aromatic rings. The van der Waals surface area contributed by atoms with Gasteiger partial charge >= 0.3 is 0 Å². The number of sulfonamides is 1. The second-order valence-electron chi connectivity index (χ2n) is 10.3. The lowest BCUT2D eigenvalue weighted by molar-refractivity contribution is -0.140. The van der Waals surface area contributed by atoms with E-state index in [9.17, 15) is 18.0 Å². The van der Waals surface area contributed by atoms with Crippen molar-refractivity contribution in [2.24, 2.45) is 0 Å². The van der Waals surface area contributed by atoms with Crippen LogP contribution in [-0.2, 0) is 32.6 Å². The summed E-state index contributed by atoms with van der Waals surface area (Å²) in [5.74, 6) is -0.876. The molecule has 0 spiro atoms. The van der Waals surface area contributed by atoms with Crippen molar-refractivity contribution in [3.63, 3.8) is 0 Å². The molecule has 0 bridgehead atoms. The van der Waals surface area contributed by atoms with Crippen LogP contribution in [0.15, 0.2) is 66.7 Å². The quantitative estimate of drug-likeness (QED) is 0.273. The number of nitrogens with zero attached hydrogens (tertiary/aromatic N) is 2. The molecule has 0 radical (unpaired) electrons. The van der Waals surface area contributed by atoms with Gasteiger partial charge < -0.3 is 10.2 Å². The van der Waals surface area contributed by atoms with Gasteiger partial charge in [-0.25, -0.2) is 8.42 Å². The first-order valence-electron chi connectivity index (χ1n) is 13.4. The summed E-state index contributed by atoms with van der Waals surface area (Å²) in [6.07, 6.45) is 1.99. The number of hydrogen-bond acceptors (Lipinski definition) is 4. The van der Waals surface area contributed by atoms with Crippen molar-refractivity contribution in [2.45, 2.75) is 59.2 Å². The maximum Gasteiger partial charge on any atom is 0.244 e. The van der Waals surface area contributed by atoms with Crippen molar-refractivity contribution in [1.29, 1.82) is 0 Å². The number of benzene rings is 3. The Bertz CT molecular complexity index is 1480. The van der Waals surface area contributed by atoms with E-state index < -0.39 is 28.5 Å². The molecule has 0 fully saturated rings. The van der Waals surface area contributed by atoms with Gasteiger partial charge in [0.2, 0.25) is 21.8 Å². The zero-order valence-electron chi connectivity index (χ0n) is 24.0. The van der Waals surface area contributed by atoms with Gasteiger partial charge in [-0.2, -0.15) is 0 Å². The number of carbonyl (C=O) groups is 2. The molecule has 0 saturated heterocycles. The minimum Gasteiger partial charge on any atom is -0.352 e. The topological polar surface area (TPSA) is 86.8 Å². The van der Waals surface area contributed by atoms with Crippen LogP contribution < -0.4 is 9.62 Å². The molecular weight excluding hydrogens is 581 g/mol. The smallest absolute Gasteiger partial charge is 0.244 e. The van der Waals surface area contributed by atoms with Crippen molar-refractivity contribution >= 4 is 50.7 Å². The monoisotopic (exact) mass is 617 g/mol. The molecule has 3 aromatic carbocycles. The summed E-state index contributed by atoms with van der Waals surface area (Å²) in [6, 6.07) is 18.5. The van der Waals surface area contributed by atoms with Crippen LogP contribution in [0.2, 0.25) is 10.0 Å². The molecule has 0 unspecified atom stereocenters. The maximum absolute atomic E-state index is 14.2. The summed E-state index contributed by atoms with van der Waals surface area (Å²) in [5.41, 5.74) is 3.69. The highest BCUT2D eigenvalue weighted by Crippen LogP contribution is 2.26. The summed E-state index contributed by atoms with van der Waals surface area (Å²) in [5, 5.41) is 3.78. The molecule has 10 heteroatoms. The first-order valence-corrected chi connectivity index (χ1v) is 16.0. The average molecular weight is 619 g/mol. The third kappa shape index (κ3) is 8.96. The van der Waals surface area contributed by atoms with Crippen molar-refractivity contribution in [3.05, 3.63) is 99.0 Å². The molecule has 0 aromatic heterocycles. The number of amides is 2. The maximum atomic E-state index is 14.2. The highest BCUT2D eigenvalue weighted by molar-refractivity contribution is 7.92. The molecule has 0 heterocycles. The fraction of sp³-hybridized carbons (Fsp3) is 0.355. The summed E-state index contributed by atoms with van der Waals surface area (Å²) in [6.45, 7) is 7.15. The van der Waals surface area contributed by atoms with Crippen molar-refractivity contribution < 1.29 is 18.0 Å². The van der Waals surface area contributed by atoms with Crippen LogP contribution in [0.3, 0.4) is 0 Å². The van der Waals surface area contributed by atoms with E-state index in [4.69, 9.17) is 23.2 Å². The van der Waals surface area contributed by atoms with Crippen molar-refractivity contribution in [2.75, 3.05) is 17.1 Å². The van der Waals surface area contributed by atoms with Gasteiger partial charge in [0.25, 0.3) is 0 Å². The van der Waals surface area contributed by atoms with Gasteiger partial charge in [0, 0.05) is 29.1 Å². The Labute approximate surface area is 253 Å². The van der Waals surface area contributed by atoms with Crippen LogP contribution in [0.5, 0.6) is 0 Å². The average Bonchev–Trinajstić information content (AvgIpc) is 2.91. The number of anilines is 1. The normalized spacial score (nSPS) is 12.9. The SMILES string of the molecule is CC[C@H](C)NC(=O)[C@@H](Cc1ccccc1)N(Cc1ccc(Cl)cc1Cl)C(=O)CN(c1ccc(C)c(C)c1)S(C)(=O)=O. The van der Waals surface area contributed by atoms with Gasteiger partial charge in [-0.05, 0) is 73.7 Å². The predicted octanol–water partition coefficient (Wildman–Crippen LogP) is 5.93. The molecule has 7 nitrogen and oxygen atoms in total. The highest BCUT2D eigenvalue weighted by atomic mass is 35.5. The zero-order chi connectivity index (χ0) is 30.3. The van der Waals surface area contributed by atoms with E-state index in [1.807, 2.05) is 64.1 Å². The fourth-order valence-corrected chi connectivity index (χ4v) is 5.63. The van der Waals surface area contributed by atoms with Crippen LogP contribution in [-0.4, -0.2) is 50.0 Å².